The van der Waals surface area contributed by atoms with E-state index in [2.05, 4.69) is 31.2 Å². The Morgan fingerprint density at radius 2 is 2.06 bits per heavy atom. The molecule has 1 aromatic rings. The maximum atomic E-state index is 12.6. The summed E-state index contributed by atoms with van der Waals surface area (Å²) in [4.78, 5) is 14.3. The highest BCUT2D eigenvalue weighted by molar-refractivity contribution is 6.11. The average Bonchev–Trinajstić information content (AvgIpc) is 2.57. The third-order valence-electron chi connectivity index (χ3n) is 3.88. The summed E-state index contributed by atoms with van der Waals surface area (Å²) >= 11 is 0. The van der Waals surface area contributed by atoms with Gasteiger partial charge in [0.2, 0.25) is 5.91 Å². The predicted octanol–water partition coefficient (Wildman–Crippen LogP) is 2.81. The quantitative estimate of drug-likeness (QED) is 0.622. The zero-order valence-corrected chi connectivity index (χ0v) is 10.1. The van der Waals surface area contributed by atoms with Gasteiger partial charge in [-0.1, -0.05) is 42.0 Å². The van der Waals surface area contributed by atoms with Crippen molar-refractivity contribution in [3.8, 4) is 0 Å². The number of para-hydroxylation sites is 1. The lowest BCUT2D eigenvalue weighted by atomic mass is 9.73. The van der Waals surface area contributed by atoms with Gasteiger partial charge in [0.15, 0.2) is 0 Å². The molecule has 0 N–H and O–H groups in total. The molecular formula is C15H15NO. The molecule has 3 rings (SSSR count). The molecular weight excluding hydrogens is 210 g/mol. The number of amides is 1. The highest BCUT2D eigenvalue weighted by Crippen LogP contribution is 2.47. The summed E-state index contributed by atoms with van der Waals surface area (Å²) in [7, 11) is 1.85. The number of allylic oxidation sites excluding steroid dienone is 2. The minimum absolute atomic E-state index is 0.156. The van der Waals surface area contributed by atoms with Crippen LogP contribution in [-0.4, -0.2) is 13.0 Å². The molecule has 1 aliphatic carbocycles. The molecule has 0 saturated heterocycles. The number of rotatable bonds is 0. The van der Waals surface area contributed by atoms with Crippen LogP contribution < -0.4 is 4.90 Å². The predicted molar refractivity (Wildman–Crippen MR) is 69.0 cm³/mol. The Bertz CT molecular complexity index is 556. The van der Waals surface area contributed by atoms with Gasteiger partial charge in [0.05, 0.1) is 0 Å². The van der Waals surface area contributed by atoms with Crippen LogP contribution in [0.3, 0.4) is 0 Å². The second kappa shape index (κ2) is 3.33. The molecule has 1 heterocycles. The molecule has 1 spiro atoms. The van der Waals surface area contributed by atoms with Crippen LogP contribution in [-0.2, 0) is 10.2 Å². The second-order valence-electron chi connectivity index (χ2n) is 4.71. The van der Waals surface area contributed by atoms with Crippen molar-refractivity contribution in [2.24, 2.45) is 0 Å². The number of benzene rings is 1. The van der Waals surface area contributed by atoms with Crippen molar-refractivity contribution in [2.75, 3.05) is 11.9 Å². The summed E-state index contributed by atoms with van der Waals surface area (Å²) in [6.45, 7) is 2.05. The molecule has 1 aromatic carbocycles. The Kier molecular flexibility index (Phi) is 2.02. The van der Waals surface area contributed by atoms with Crippen molar-refractivity contribution in [1.29, 1.82) is 0 Å². The van der Waals surface area contributed by atoms with Gasteiger partial charge in [-0.3, -0.25) is 4.79 Å². The number of carbonyl (C=O) groups excluding carboxylic acids is 1. The molecule has 2 aliphatic rings. The number of nitrogens with zero attached hydrogens (tertiary/aromatic N) is 1. The van der Waals surface area contributed by atoms with Crippen LogP contribution in [0.15, 0.2) is 48.1 Å². The van der Waals surface area contributed by atoms with E-state index in [9.17, 15) is 4.79 Å². The molecule has 0 saturated carbocycles. The number of carbonyl (C=O) groups is 1. The minimum Gasteiger partial charge on any atom is -0.314 e. The average molecular weight is 225 g/mol. The van der Waals surface area contributed by atoms with Gasteiger partial charge in [-0.05, 0) is 25.0 Å². The van der Waals surface area contributed by atoms with Crippen molar-refractivity contribution in [3.05, 3.63) is 53.6 Å². The number of hydrogen-bond acceptors (Lipinski definition) is 1. The lowest BCUT2D eigenvalue weighted by Crippen LogP contribution is -2.38. The van der Waals surface area contributed by atoms with E-state index in [1.54, 1.807) is 4.90 Å². The number of fused-ring (bicyclic) bond motifs is 2. The number of anilines is 1. The van der Waals surface area contributed by atoms with Gasteiger partial charge in [0.25, 0.3) is 0 Å². The van der Waals surface area contributed by atoms with E-state index < -0.39 is 5.41 Å². The first-order valence-electron chi connectivity index (χ1n) is 5.90. The zero-order valence-electron chi connectivity index (χ0n) is 10.1. The van der Waals surface area contributed by atoms with Crippen LogP contribution in [0.4, 0.5) is 5.69 Å². The fraction of sp³-hybridized carbons (Fsp3) is 0.267. The van der Waals surface area contributed by atoms with E-state index in [-0.39, 0.29) is 5.91 Å². The van der Waals surface area contributed by atoms with E-state index in [0.29, 0.717) is 0 Å². The molecule has 1 aliphatic heterocycles. The van der Waals surface area contributed by atoms with E-state index in [1.165, 1.54) is 0 Å². The van der Waals surface area contributed by atoms with Gasteiger partial charge >= 0.3 is 0 Å². The molecule has 0 fully saturated rings. The molecule has 0 bridgehead atoms. The maximum Gasteiger partial charge on any atom is 0.245 e. The Balaban J connectivity index is 2.32. The van der Waals surface area contributed by atoms with Gasteiger partial charge in [-0.2, -0.15) is 0 Å². The van der Waals surface area contributed by atoms with E-state index in [4.69, 9.17) is 0 Å². The Morgan fingerprint density at radius 3 is 2.82 bits per heavy atom. The summed E-state index contributed by atoms with van der Waals surface area (Å²) in [5.41, 5.74) is 2.74. The smallest absolute Gasteiger partial charge is 0.245 e. The Hall–Kier alpha value is -1.83. The van der Waals surface area contributed by atoms with Crippen molar-refractivity contribution in [1.82, 2.24) is 0 Å². The van der Waals surface area contributed by atoms with Crippen LogP contribution in [0, 0.1) is 0 Å². The third-order valence-corrected chi connectivity index (χ3v) is 3.88. The SMILES string of the molecule is CC1=CCC=CC12C(=O)N(C)c1ccccc12. The molecule has 86 valence electrons. The Labute approximate surface area is 101 Å². The molecule has 2 heteroatoms. The minimum atomic E-state index is -0.538. The van der Waals surface area contributed by atoms with Crippen LogP contribution >= 0.6 is 0 Å². The van der Waals surface area contributed by atoms with Crippen LogP contribution in [0.1, 0.15) is 18.9 Å². The van der Waals surface area contributed by atoms with Gasteiger partial charge in [-0.15, -0.1) is 0 Å². The molecule has 1 unspecified atom stereocenters. The highest BCUT2D eigenvalue weighted by Gasteiger charge is 2.49. The number of likely N-dealkylation sites (N-methyl/N-ethyl adjacent to an activating group) is 1. The van der Waals surface area contributed by atoms with Gasteiger partial charge < -0.3 is 4.90 Å². The lowest BCUT2D eigenvalue weighted by Gasteiger charge is -2.28. The third kappa shape index (κ3) is 1.13. The molecule has 0 radical (unpaired) electrons. The molecule has 0 aromatic heterocycles. The van der Waals surface area contributed by atoms with E-state index in [1.807, 2.05) is 25.2 Å². The Morgan fingerprint density at radius 1 is 1.29 bits per heavy atom. The zero-order chi connectivity index (χ0) is 12.0. The van der Waals surface area contributed by atoms with Crippen molar-refractivity contribution in [2.45, 2.75) is 18.8 Å². The fourth-order valence-corrected chi connectivity index (χ4v) is 2.91. The van der Waals surface area contributed by atoms with Gasteiger partial charge in [0, 0.05) is 12.7 Å². The summed E-state index contributed by atoms with van der Waals surface area (Å²) in [6.07, 6.45) is 7.22. The summed E-state index contributed by atoms with van der Waals surface area (Å²) in [5, 5.41) is 0. The molecule has 2 nitrogen and oxygen atoms in total. The van der Waals surface area contributed by atoms with E-state index >= 15 is 0 Å². The summed E-state index contributed by atoms with van der Waals surface area (Å²) < 4.78 is 0. The second-order valence-corrected chi connectivity index (χ2v) is 4.71. The monoisotopic (exact) mass is 225 g/mol. The van der Waals surface area contributed by atoms with Gasteiger partial charge in [0.1, 0.15) is 5.41 Å². The summed E-state index contributed by atoms with van der Waals surface area (Å²) in [6, 6.07) is 8.05. The summed E-state index contributed by atoms with van der Waals surface area (Å²) in [5.74, 6) is 0.156. The van der Waals surface area contributed by atoms with Crippen molar-refractivity contribution in [3.63, 3.8) is 0 Å². The van der Waals surface area contributed by atoms with Crippen molar-refractivity contribution >= 4 is 11.6 Å². The van der Waals surface area contributed by atoms with Crippen LogP contribution in [0.25, 0.3) is 0 Å². The fourth-order valence-electron chi connectivity index (χ4n) is 2.91. The van der Waals surface area contributed by atoms with Gasteiger partial charge in [-0.25, -0.2) is 0 Å². The number of hydrogen-bond donors (Lipinski definition) is 0. The highest BCUT2D eigenvalue weighted by atomic mass is 16.2. The first-order chi connectivity index (χ1) is 8.18. The van der Waals surface area contributed by atoms with E-state index in [0.717, 1.165) is 23.2 Å². The standard InChI is InChI=1S/C15H15NO/c1-11-7-5-6-10-15(11)12-8-3-4-9-13(12)16(2)14(15)17/h3-4,6-10H,5H2,1-2H3. The van der Waals surface area contributed by atoms with Crippen LogP contribution in [0.2, 0.25) is 0 Å². The molecule has 1 atom stereocenters. The topological polar surface area (TPSA) is 20.3 Å². The molecule has 17 heavy (non-hydrogen) atoms. The first kappa shape index (κ1) is 10.3. The largest absolute Gasteiger partial charge is 0.314 e. The van der Waals surface area contributed by atoms with Crippen molar-refractivity contribution < 1.29 is 4.79 Å². The maximum absolute atomic E-state index is 12.6. The van der Waals surface area contributed by atoms with Crippen LogP contribution in [0.5, 0.6) is 0 Å². The molecule has 1 amide bonds. The lowest BCUT2D eigenvalue weighted by molar-refractivity contribution is -0.120. The normalized spacial score (nSPS) is 26.4. The first-order valence-corrected chi connectivity index (χ1v) is 5.90.